The quantitative estimate of drug-likeness (QED) is 0.754. The van der Waals surface area contributed by atoms with Gasteiger partial charge in [0.1, 0.15) is 5.60 Å². The molecule has 5 heteroatoms. The van der Waals surface area contributed by atoms with Crippen molar-refractivity contribution in [2.45, 2.75) is 45.8 Å². The molecule has 2 rings (SSSR count). The van der Waals surface area contributed by atoms with Gasteiger partial charge in [-0.2, -0.15) is 5.10 Å². The minimum Gasteiger partial charge on any atom is -0.378 e. The second kappa shape index (κ2) is 7.33. The van der Waals surface area contributed by atoms with E-state index < -0.39 is 5.60 Å². The second-order valence-electron chi connectivity index (χ2n) is 6.51. The monoisotopic (exact) mass is 325 g/mol. The lowest BCUT2D eigenvalue weighted by atomic mass is 10.1. The lowest BCUT2D eigenvalue weighted by molar-refractivity contribution is 0.0940. The zero-order valence-electron chi connectivity index (χ0n) is 14.5. The largest absolute Gasteiger partial charge is 0.378 e. The summed E-state index contributed by atoms with van der Waals surface area (Å²) < 4.78 is 0. The molecule has 126 valence electrons. The van der Waals surface area contributed by atoms with Gasteiger partial charge < -0.3 is 10.4 Å². The van der Waals surface area contributed by atoms with Crippen molar-refractivity contribution in [3.05, 3.63) is 52.8 Å². The fourth-order valence-electron chi connectivity index (χ4n) is 2.21. The van der Waals surface area contributed by atoms with E-state index >= 15 is 0 Å². The molecule has 0 aliphatic carbocycles. The molecule has 0 bridgehead atoms. The maximum atomic E-state index is 12.4. The highest BCUT2D eigenvalue weighted by atomic mass is 16.3. The van der Waals surface area contributed by atoms with E-state index in [4.69, 9.17) is 0 Å². The molecule has 1 amide bonds. The lowest BCUT2D eigenvalue weighted by Gasteiger charge is -2.12. The van der Waals surface area contributed by atoms with Crippen LogP contribution in [-0.4, -0.2) is 32.9 Å². The predicted molar refractivity (Wildman–Crippen MR) is 93.6 cm³/mol. The van der Waals surface area contributed by atoms with Crippen molar-refractivity contribution < 1.29 is 9.90 Å². The zero-order chi connectivity index (χ0) is 17.7. The van der Waals surface area contributed by atoms with Crippen LogP contribution in [0, 0.1) is 18.8 Å². The number of nitrogens with one attached hydrogen (secondary N) is 2. The van der Waals surface area contributed by atoms with E-state index in [1.54, 1.807) is 32.0 Å². The Kier molecular flexibility index (Phi) is 5.42. The topological polar surface area (TPSA) is 78.0 Å². The molecular formula is C19H23N3O2. The highest BCUT2D eigenvalue weighted by Gasteiger charge is 2.12. The van der Waals surface area contributed by atoms with Crippen LogP contribution in [-0.2, 0) is 6.42 Å². The van der Waals surface area contributed by atoms with Crippen molar-refractivity contribution in [3.8, 4) is 11.8 Å². The molecule has 1 aromatic carbocycles. The van der Waals surface area contributed by atoms with Crippen molar-refractivity contribution in [2.24, 2.45) is 0 Å². The first-order valence-corrected chi connectivity index (χ1v) is 7.90. The number of carbonyl (C=O) groups excluding carboxylic acids is 1. The van der Waals surface area contributed by atoms with Crippen LogP contribution >= 0.6 is 0 Å². The number of aromatic nitrogens is 2. The highest BCUT2D eigenvalue weighted by Crippen LogP contribution is 2.07. The van der Waals surface area contributed by atoms with Crippen LogP contribution in [0.5, 0.6) is 0 Å². The molecule has 1 aromatic heterocycles. The number of H-pyrrole nitrogens is 1. The summed E-state index contributed by atoms with van der Waals surface area (Å²) in [5.74, 6) is 5.47. The fraction of sp³-hybridized carbons (Fsp3) is 0.368. The molecule has 0 saturated heterocycles. The molecule has 1 atom stereocenters. The Labute approximate surface area is 142 Å². The third-order valence-corrected chi connectivity index (χ3v) is 3.29. The number of hydrogen-bond donors (Lipinski definition) is 3. The number of rotatable bonds is 4. The first-order valence-electron chi connectivity index (χ1n) is 7.90. The maximum absolute atomic E-state index is 12.4. The molecule has 0 radical (unpaired) electrons. The van der Waals surface area contributed by atoms with Gasteiger partial charge in [0.05, 0.1) is 5.69 Å². The number of hydrogen-bond acceptors (Lipinski definition) is 3. The normalized spacial score (nSPS) is 12.2. The van der Waals surface area contributed by atoms with Crippen molar-refractivity contribution in [1.82, 2.24) is 15.5 Å². The number of aromatic amines is 1. The molecule has 0 saturated carbocycles. The molecule has 1 heterocycles. The van der Waals surface area contributed by atoms with E-state index in [9.17, 15) is 9.90 Å². The van der Waals surface area contributed by atoms with Gasteiger partial charge in [0, 0.05) is 29.3 Å². The van der Waals surface area contributed by atoms with Crippen LogP contribution in [0.2, 0.25) is 0 Å². The summed E-state index contributed by atoms with van der Waals surface area (Å²) in [4.78, 5) is 12.4. The zero-order valence-corrected chi connectivity index (χ0v) is 14.5. The van der Waals surface area contributed by atoms with Crippen LogP contribution in [0.1, 0.15) is 48.1 Å². The van der Waals surface area contributed by atoms with Gasteiger partial charge in [-0.25, -0.2) is 0 Å². The molecule has 5 nitrogen and oxygen atoms in total. The summed E-state index contributed by atoms with van der Waals surface area (Å²) in [6.07, 6.45) is 0.661. The van der Waals surface area contributed by atoms with E-state index in [1.165, 1.54) is 0 Å². The molecule has 0 aliphatic rings. The number of benzene rings is 1. The summed E-state index contributed by atoms with van der Waals surface area (Å²) in [6, 6.07) is 8.99. The first kappa shape index (κ1) is 17.8. The van der Waals surface area contributed by atoms with Crippen molar-refractivity contribution >= 4 is 5.91 Å². The molecular weight excluding hydrogens is 302 g/mol. The van der Waals surface area contributed by atoms with Gasteiger partial charge in [0.25, 0.3) is 5.91 Å². The first-order chi connectivity index (χ1) is 11.2. The molecule has 24 heavy (non-hydrogen) atoms. The van der Waals surface area contributed by atoms with Gasteiger partial charge in [-0.05, 0) is 52.0 Å². The predicted octanol–water partition coefficient (Wildman–Crippen LogP) is 2.20. The van der Waals surface area contributed by atoms with Gasteiger partial charge in [0.2, 0.25) is 0 Å². The number of aryl methyl sites for hydroxylation is 1. The summed E-state index contributed by atoms with van der Waals surface area (Å²) in [5.41, 5.74) is 2.10. The fourth-order valence-corrected chi connectivity index (χ4v) is 2.21. The van der Waals surface area contributed by atoms with E-state index in [1.807, 2.05) is 26.0 Å². The summed E-state index contributed by atoms with van der Waals surface area (Å²) in [5, 5.41) is 19.7. The van der Waals surface area contributed by atoms with Crippen LogP contribution in [0.25, 0.3) is 0 Å². The molecule has 2 aromatic rings. The smallest absolute Gasteiger partial charge is 0.251 e. The molecule has 3 N–H and O–H groups in total. The average molecular weight is 325 g/mol. The highest BCUT2D eigenvalue weighted by molar-refractivity contribution is 5.94. The van der Waals surface area contributed by atoms with Crippen molar-refractivity contribution in [2.75, 3.05) is 0 Å². The average Bonchev–Trinajstić information content (AvgIpc) is 2.89. The molecule has 0 fully saturated rings. The Morgan fingerprint density at radius 1 is 1.42 bits per heavy atom. The van der Waals surface area contributed by atoms with E-state index in [0.29, 0.717) is 17.5 Å². The Morgan fingerprint density at radius 2 is 2.17 bits per heavy atom. The van der Waals surface area contributed by atoms with Gasteiger partial charge in [-0.1, -0.05) is 17.9 Å². The summed E-state index contributed by atoms with van der Waals surface area (Å²) in [7, 11) is 0. The van der Waals surface area contributed by atoms with Crippen LogP contribution in [0.3, 0.4) is 0 Å². The summed E-state index contributed by atoms with van der Waals surface area (Å²) >= 11 is 0. The Bertz CT molecular complexity index is 776. The standard InChI is InChI=1S/C19H23N3O2/c1-13(10-17-11-14(2)21-22-17)20-18(23)16-7-5-6-15(12-16)8-9-19(3,4)24/h5-7,11-13,24H,10H2,1-4H3,(H,20,23)(H,21,22). The third-order valence-electron chi connectivity index (χ3n) is 3.29. The Hall–Kier alpha value is -2.58. The van der Waals surface area contributed by atoms with E-state index in [-0.39, 0.29) is 11.9 Å². The minimum atomic E-state index is -1.06. The van der Waals surface area contributed by atoms with Crippen LogP contribution in [0.4, 0.5) is 0 Å². The molecule has 1 unspecified atom stereocenters. The van der Waals surface area contributed by atoms with Gasteiger partial charge in [0.15, 0.2) is 0 Å². The van der Waals surface area contributed by atoms with E-state index in [2.05, 4.69) is 27.4 Å². The van der Waals surface area contributed by atoms with Crippen LogP contribution < -0.4 is 5.32 Å². The SMILES string of the molecule is Cc1cc(CC(C)NC(=O)c2cccc(C#CC(C)(C)O)c2)n[nH]1. The number of amides is 1. The Balaban J connectivity index is 2.02. The van der Waals surface area contributed by atoms with Gasteiger partial charge in [-0.15, -0.1) is 0 Å². The van der Waals surface area contributed by atoms with Crippen molar-refractivity contribution in [3.63, 3.8) is 0 Å². The lowest BCUT2D eigenvalue weighted by Crippen LogP contribution is -2.34. The number of carbonyl (C=O) groups is 1. The molecule has 0 spiro atoms. The third kappa shape index (κ3) is 5.56. The van der Waals surface area contributed by atoms with E-state index in [0.717, 1.165) is 11.4 Å². The number of nitrogens with zero attached hydrogens (tertiary/aromatic N) is 1. The Morgan fingerprint density at radius 3 is 2.79 bits per heavy atom. The van der Waals surface area contributed by atoms with Crippen molar-refractivity contribution in [1.29, 1.82) is 0 Å². The minimum absolute atomic E-state index is 0.0358. The molecule has 0 aliphatic heterocycles. The summed E-state index contributed by atoms with van der Waals surface area (Å²) in [6.45, 7) is 7.13. The second-order valence-corrected chi connectivity index (χ2v) is 6.51. The van der Waals surface area contributed by atoms with Crippen LogP contribution in [0.15, 0.2) is 30.3 Å². The van der Waals surface area contributed by atoms with Gasteiger partial charge >= 0.3 is 0 Å². The maximum Gasteiger partial charge on any atom is 0.251 e. The van der Waals surface area contributed by atoms with Gasteiger partial charge in [-0.3, -0.25) is 9.89 Å². The number of aliphatic hydroxyl groups is 1.